The predicted molar refractivity (Wildman–Crippen MR) is 125 cm³/mol. The number of benzene rings is 2. The molecule has 3 rings (SSSR count). The monoisotopic (exact) mass is 470 g/mol. The van der Waals surface area contributed by atoms with Gasteiger partial charge in [0, 0.05) is 30.0 Å². The number of rotatable bonds is 9. The van der Waals surface area contributed by atoms with Gasteiger partial charge >= 0.3 is 0 Å². The number of hydrogen-bond acceptors (Lipinski definition) is 6. The van der Waals surface area contributed by atoms with Crippen LogP contribution < -0.4 is 15.5 Å². The Kier molecular flexibility index (Phi) is 8.81. The average Bonchev–Trinajstić information content (AvgIpc) is 2.82. The first-order chi connectivity index (χ1) is 16.0. The number of carbonyl (C=O) groups excluding carboxylic acids is 1. The third-order valence-electron chi connectivity index (χ3n) is 4.94. The van der Waals surface area contributed by atoms with E-state index in [1.54, 1.807) is 24.7 Å². The quantitative estimate of drug-likeness (QED) is 0.168. The highest BCUT2D eigenvalue weighted by atomic mass is 35.5. The molecular weight excluding hydrogens is 447 g/mol. The van der Waals surface area contributed by atoms with Crippen LogP contribution in [0.4, 0.5) is 15.9 Å². The molecule has 7 nitrogen and oxygen atoms in total. The van der Waals surface area contributed by atoms with Gasteiger partial charge in [-0.25, -0.2) is 19.8 Å². The summed E-state index contributed by atoms with van der Waals surface area (Å²) in [5.41, 5.74) is 3.61. The maximum absolute atomic E-state index is 13.5. The maximum atomic E-state index is 13.5. The lowest BCUT2D eigenvalue weighted by Crippen LogP contribution is -2.17. The highest BCUT2D eigenvalue weighted by Gasteiger charge is 2.10. The minimum Gasteiger partial charge on any atom is -0.495 e. The first-order valence-electron chi connectivity index (χ1n) is 10.5. The van der Waals surface area contributed by atoms with Crippen LogP contribution in [0.25, 0.3) is 10.9 Å². The molecule has 2 aromatic carbocycles. The molecule has 0 atom stereocenters. The number of hydrogen-bond donors (Lipinski definition) is 3. The van der Waals surface area contributed by atoms with Crippen LogP contribution >= 0.6 is 11.6 Å². The molecule has 0 radical (unpaired) electrons. The summed E-state index contributed by atoms with van der Waals surface area (Å²) < 4.78 is 19.0. The van der Waals surface area contributed by atoms with Crippen molar-refractivity contribution in [3.05, 3.63) is 53.1 Å². The normalized spacial score (nSPS) is 10.4. The third-order valence-corrected chi connectivity index (χ3v) is 5.23. The second kappa shape index (κ2) is 12.0. The molecule has 1 heterocycles. The van der Waals surface area contributed by atoms with Crippen molar-refractivity contribution >= 4 is 39.9 Å². The van der Waals surface area contributed by atoms with Crippen molar-refractivity contribution in [3.8, 4) is 17.6 Å². The van der Waals surface area contributed by atoms with Crippen LogP contribution in [0.15, 0.2) is 36.7 Å². The Morgan fingerprint density at radius 3 is 2.76 bits per heavy atom. The number of amides is 1. The molecule has 0 aliphatic heterocycles. The molecule has 0 spiro atoms. The molecule has 33 heavy (non-hydrogen) atoms. The van der Waals surface area contributed by atoms with Gasteiger partial charge in [-0.05, 0) is 37.1 Å². The minimum absolute atomic E-state index is 0.0169. The first kappa shape index (κ1) is 24.2. The van der Waals surface area contributed by atoms with E-state index in [-0.39, 0.29) is 10.9 Å². The lowest BCUT2D eigenvalue weighted by atomic mass is 10.1. The summed E-state index contributed by atoms with van der Waals surface area (Å²) in [6.45, 7) is 0. The van der Waals surface area contributed by atoms with E-state index < -0.39 is 5.82 Å². The Hall–Kier alpha value is -3.41. The van der Waals surface area contributed by atoms with Crippen molar-refractivity contribution in [2.75, 3.05) is 12.4 Å². The Morgan fingerprint density at radius 2 is 2.00 bits per heavy atom. The van der Waals surface area contributed by atoms with Crippen LogP contribution in [0.5, 0.6) is 5.75 Å². The molecule has 0 saturated carbocycles. The van der Waals surface area contributed by atoms with Gasteiger partial charge in [-0.15, -0.1) is 0 Å². The second-order valence-electron chi connectivity index (χ2n) is 7.30. The lowest BCUT2D eigenvalue weighted by molar-refractivity contribution is -0.129. The number of unbranched alkanes of at least 4 members (excludes halogenated alkanes) is 4. The molecule has 3 aromatic rings. The van der Waals surface area contributed by atoms with E-state index in [0.717, 1.165) is 31.1 Å². The molecule has 1 aromatic heterocycles. The van der Waals surface area contributed by atoms with E-state index in [9.17, 15) is 9.18 Å². The Morgan fingerprint density at radius 1 is 1.18 bits per heavy atom. The summed E-state index contributed by atoms with van der Waals surface area (Å²) in [7, 11) is 1.58. The van der Waals surface area contributed by atoms with Crippen molar-refractivity contribution in [1.29, 1.82) is 0 Å². The van der Waals surface area contributed by atoms with E-state index in [4.69, 9.17) is 21.5 Å². The van der Waals surface area contributed by atoms with E-state index in [1.165, 1.54) is 18.5 Å². The molecule has 3 N–H and O–H groups in total. The molecular formula is C24H24ClFN4O3. The van der Waals surface area contributed by atoms with Crippen molar-refractivity contribution in [1.82, 2.24) is 15.4 Å². The number of hydroxylamine groups is 1. The molecule has 0 fully saturated rings. The topological polar surface area (TPSA) is 96.4 Å². The van der Waals surface area contributed by atoms with Gasteiger partial charge in [0.2, 0.25) is 5.91 Å². The van der Waals surface area contributed by atoms with E-state index in [1.807, 2.05) is 6.07 Å². The van der Waals surface area contributed by atoms with E-state index in [0.29, 0.717) is 41.2 Å². The molecule has 0 aliphatic carbocycles. The number of methoxy groups -OCH3 is 1. The summed E-state index contributed by atoms with van der Waals surface area (Å²) in [6, 6.07) is 8.02. The van der Waals surface area contributed by atoms with Crippen molar-refractivity contribution in [3.63, 3.8) is 0 Å². The number of halogens is 2. The largest absolute Gasteiger partial charge is 0.495 e. The fraction of sp³-hybridized carbons (Fsp3) is 0.292. The molecule has 0 saturated heterocycles. The van der Waals surface area contributed by atoms with Crippen LogP contribution in [-0.2, 0) is 4.79 Å². The number of ether oxygens (including phenoxy) is 1. The molecule has 0 unspecified atom stereocenters. The van der Waals surface area contributed by atoms with Crippen LogP contribution in [0.2, 0.25) is 5.02 Å². The number of nitrogens with one attached hydrogen (secondary N) is 2. The zero-order valence-corrected chi connectivity index (χ0v) is 18.9. The Labute approximate surface area is 196 Å². The van der Waals surface area contributed by atoms with Crippen molar-refractivity contribution in [2.45, 2.75) is 38.5 Å². The summed E-state index contributed by atoms with van der Waals surface area (Å²) in [5, 5.41) is 12.4. The number of aromatic nitrogens is 2. The number of carbonyl (C=O) groups is 1. The number of anilines is 2. The SMILES string of the molecule is COc1cc2ncnc(Nc3ccc(F)c(Cl)c3)c2cc1C#CCCCCCCC(=O)NO. The zero-order valence-electron chi connectivity index (χ0n) is 18.1. The molecule has 1 amide bonds. The van der Waals surface area contributed by atoms with Gasteiger partial charge < -0.3 is 10.1 Å². The van der Waals surface area contributed by atoms with Crippen molar-refractivity contribution < 1.29 is 19.1 Å². The fourth-order valence-corrected chi connectivity index (χ4v) is 3.41. The third kappa shape index (κ3) is 6.78. The molecule has 0 aliphatic rings. The summed E-state index contributed by atoms with van der Waals surface area (Å²) >= 11 is 5.88. The Balaban J connectivity index is 1.72. The molecule has 9 heteroatoms. The van der Waals surface area contributed by atoms with E-state index >= 15 is 0 Å². The lowest BCUT2D eigenvalue weighted by Gasteiger charge is -2.11. The average molecular weight is 471 g/mol. The summed E-state index contributed by atoms with van der Waals surface area (Å²) in [4.78, 5) is 19.6. The van der Waals surface area contributed by atoms with Gasteiger partial charge in [0.25, 0.3) is 0 Å². The minimum atomic E-state index is -0.493. The number of fused-ring (bicyclic) bond motifs is 1. The van der Waals surface area contributed by atoms with Gasteiger partial charge in [-0.3, -0.25) is 10.0 Å². The van der Waals surface area contributed by atoms with Gasteiger partial charge in [0.1, 0.15) is 23.7 Å². The summed E-state index contributed by atoms with van der Waals surface area (Å²) in [5.74, 6) is 6.62. The smallest absolute Gasteiger partial charge is 0.243 e. The van der Waals surface area contributed by atoms with Gasteiger partial charge in [-0.2, -0.15) is 0 Å². The predicted octanol–water partition coefficient (Wildman–Crippen LogP) is 5.37. The second-order valence-corrected chi connectivity index (χ2v) is 7.70. The van der Waals surface area contributed by atoms with Crippen LogP contribution in [-0.4, -0.2) is 28.2 Å². The molecule has 172 valence electrons. The fourth-order valence-electron chi connectivity index (χ4n) is 3.23. The first-order valence-corrected chi connectivity index (χ1v) is 10.9. The van der Waals surface area contributed by atoms with Gasteiger partial charge in [-0.1, -0.05) is 36.3 Å². The van der Waals surface area contributed by atoms with Crippen LogP contribution in [0.1, 0.15) is 44.1 Å². The highest BCUT2D eigenvalue weighted by molar-refractivity contribution is 6.31. The van der Waals surface area contributed by atoms with Gasteiger partial charge in [0.05, 0.1) is 23.2 Å². The zero-order chi connectivity index (χ0) is 23.6. The molecule has 0 bridgehead atoms. The highest BCUT2D eigenvalue weighted by Crippen LogP contribution is 2.30. The van der Waals surface area contributed by atoms with Crippen molar-refractivity contribution in [2.24, 2.45) is 0 Å². The van der Waals surface area contributed by atoms with Crippen LogP contribution in [0, 0.1) is 17.7 Å². The summed E-state index contributed by atoms with van der Waals surface area (Å²) in [6.07, 6.45) is 5.94. The Bertz CT molecular complexity index is 1190. The maximum Gasteiger partial charge on any atom is 0.243 e. The standard InChI is InChI=1S/C24H24ClFN4O3/c1-33-22-14-21-18(12-16(22)8-6-4-2-3-5-7-9-23(31)30-32)24(28-15-27-21)29-17-10-11-20(26)19(25)13-17/h10-15,32H,2-5,7,9H2,1H3,(H,30,31)(H,27,28,29). The van der Waals surface area contributed by atoms with Crippen LogP contribution in [0.3, 0.4) is 0 Å². The van der Waals surface area contributed by atoms with Gasteiger partial charge in [0.15, 0.2) is 0 Å². The number of nitrogens with zero attached hydrogens (tertiary/aromatic N) is 2. The van der Waals surface area contributed by atoms with E-state index in [2.05, 4.69) is 27.1 Å².